The first-order chi connectivity index (χ1) is 10.7. The average molecular weight is 296 g/mol. The summed E-state index contributed by atoms with van der Waals surface area (Å²) in [6.45, 7) is 1.35. The van der Waals surface area contributed by atoms with Crippen LogP contribution in [0.15, 0.2) is 34.9 Å². The monoisotopic (exact) mass is 296 g/mol. The molecule has 6 heteroatoms. The summed E-state index contributed by atoms with van der Waals surface area (Å²) in [6, 6.07) is 10.5. The average Bonchev–Trinajstić information content (AvgIpc) is 3.01. The molecule has 0 spiro atoms. The van der Waals surface area contributed by atoms with Gasteiger partial charge in [-0.3, -0.25) is 4.79 Å². The van der Waals surface area contributed by atoms with E-state index in [1.807, 2.05) is 11.0 Å². The lowest BCUT2D eigenvalue weighted by atomic mass is 9.93. The van der Waals surface area contributed by atoms with E-state index in [1.54, 1.807) is 30.3 Å². The zero-order chi connectivity index (χ0) is 15.5. The van der Waals surface area contributed by atoms with Crippen LogP contribution in [0.1, 0.15) is 40.4 Å². The topological polar surface area (TPSA) is 96.2 Å². The first-order valence-electron chi connectivity index (χ1n) is 7.19. The van der Waals surface area contributed by atoms with Crippen molar-refractivity contribution in [1.29, 1.82) is 5.26 Å². The molecule has 112 valence electrons. The molecule has 0 aliphatic carbocycles. The van der Waals surface area contributed by atoms with Crippen molar-refractivity contribution >= 4 is 11.8 Å². The number of amides is 1. The van der Waals surface area contributed by atoms with Gasteiger partial charge in [0, 0.05) is 30.6 Å². The largest absolute Gasteiger partial charge is 0.368 e. The Morgan fingerprint density at radius 1 is 1.32 bits per heavy atom. The molecule has 0 atom stereocenters. The van der Waals surface area contributed by atoms with Crippen LogP contribution in [-0.4, -0.2) is 29.1 Å². The van der Waals surface area contributed by atoms with E-state index < -0.39 is 0 Å². The number of hydrogen-bond acceptors (Lipinski definition) is 5. The summed E-state index contributed by atoms with van der Waals surface area (Å²) in [4.78, 5) is 14.3. The van der Waals surface area contributed by atoms with Crippen LogP contribution in [0.2, 0.25) is 0 Å². The van der Waals surface area contributed by atoms with Gasteiger partial charge in [0.2, 0.25) is 5.88 Å². The molecule has 22 heavy (non-hydrogen) atoms. The van der Waals surface area contributed by atoms with Crippen molar-refractivity contribution in [2.45, 2.75) is 18.8 Å². The van der Waals surface area contributed by atoms with Crippen molar-refractivity contribution in [2.75, 3.05) is 18.8 Å². The standard InChI is InChI=1S/C16H16N4O2/c17-10-11-1-3-13(4-2-11)16(21)20-7-5-12(6-8-20)14-9-15(18)22-19-14/h1-4,9,12H,5-8,18H2. The molecule has 6 nitrogen and oxygen atoms in total. The number of likely N-dealkylation sites (tertiary alicyclic amines) is 1. The van der Waals surface area contributed by atoms with Crippen LogP contribution in [0.25, 0.3) is 0 Å². The quantitative estimate of drug-likeness (QED) is 0.916. The molecule has 1 amide bonds. The van der Waals surface area contributed by atoms with Gasteiger partial charge < -0.3 is 15.2 Å². The lowest BCUT2D eigenvalue weighted by molar-refractivity contribution is 0.0711. The molecule has 2 N–H and O–H groups in total. The zero-order valence-electron chi connectivity index (χ0n) is 12.0. The van der Waals surface area contributed by atoms with Crippen molar-refractivity contribution in [3.63, 3.8) is 0 Å². The maximum absolute atomic E-state index is 12.4. The van der Waals surface area contributed by atoms with Crippen LogP contribution in [0, 0.1) is 11.3 Å². The highest BCUT2D eigenvalue weighted by molar-refractivity contribution is 5.94. The number of carbonyl (C=O) groups excluding carboxylic acids is 1. The molecule has 1 saturated heterocycles. The first-order valence-corrected chi connectivity index (χ1v) is 7.19. The highest BCUT2D eigenvalue weighted by Crippen LogP contribution is 2.28. The van der Waals surface area contributed by atoms with Gasteiger partial charge in [0.1, 0.15) is 0 Å². The third-order valence-electron chi connectivity index (χ3n) is 4.01. The van der Waals surface area contributed by atoms with E-state index in [-0.39, 0.29) is 11.8 Å². The van der Waals surface area contributed by atoms with E-state index in [0.717, 1.165) is 18.5 Å². The van der Waals surface area contributed by atoms with E-state index in [2.05, 4.69) is 5.16 Å². The Balaban J connectivity index is 1.63. The Labute approximate surface area is 128 Å². The summed E-state index contributed by atoms with van der Waals surface area (Å²) in [6.07, 6.45) is 1.68. The minimum atomic E-state index is 0.00241. The summed E-state index contributed by atoms with van der Waals surface area (Å²) < 4.78 is 4.90. The van der Waals surface area contributed by atoms with E-state index in [4.69, 9.17) is 15.5 Å². The molecule has 0 bridgehead atoms. The Morgan fingerprint density at radius 2 is 2.00 bits per heavy atom. The maximum Gasteiger partial charge on any atom is 0.253 e. The van der Waals surface area contributed by atoms with Crippen LogP contribution < -0.4 is 5.73 Å². The second-order valence-corrected chi connectivity index (χ2v) is 5.41. The van der Waals surface area contributed by atoms with Crippen LogP contribution in [0.5, 0.6) is 0 Å². The molecule has 1 aliphatic rings. The number of aromatic nitrogens is 1. The number of benzene rings is 1. The molecule has 3 rings (SSSR count). The highest BCUT2D eigenvalue weighted by atomic mass is 16.5. The van der Waals surface area contributed by atoms with Crippen LogP contribution in [0.4, 0.5) is 5.88 Å². The lowest BCUT2D eigenvalue weighted by Gasteiger charge is -2.31. The number of nitrogen functional groups attached to an aromatic ring is 1. The molecule has 0 radical (unpaired) electrons. The van der Waals surface area contributed by atoms with E-state index >= 15 is 0 Å². The lowest BCUT2D eigenvalue weighted by Crippen LogP contribution is -2.37. The van der Waals surface area contributed by atoms with Crippen LogP contribution in [-0.2, 0) is 0 Å². The normalized spacial score (nSPS) is 15.5. The van der Waals surface area contributed by atoms with Gasteiger partial charge in [-0.25, -0.2) is 0 Å². The molecule has 1 aromatic carbocycles. The summed E-state index contributed by atoms with van der Waals surface area (Å²) in [5, 5.41) is 12.7. The minimum absolute atomic E-state index is 0.00241. The van der Waals surface area contributed by atoms with E-state index in [1.165, 1.54) is 0 Å². The number of carbonyl (C=O) groups is 1. The summed E-state index contributed by atoms with van der Waals surface area (Å²) in [5.74, 6) is 0.611. The molecule has 2 aromatic rings. The first kappa shape index (κ1) is 14.1. The van der Waals surface area contributed by atoms with Gasteiger partial charge in [0.25, 0.3) is 5.91 Å². The predicted octanol–water partition coefficient (Wildman–Crippen LogP) is 2.15. The van der Waals surface area contributed by atoms with Crippen LogP contribution >= 0.6 is 0 Å². The SMILES string of the molecule is N#Cc1ccc(C(=O)N2CCC(c3cc(N)on3)CC2)cc1. The van der Waals surface area contributed by atoms with Crippen molar-refractivity contribution < 1.29 is 9.32 Å². The van der Waals surface area contributed by atoms with Gasteiger partial charge in [-0.05, 0) is 37.1 Å². The van der Waals surface area contributed by atoms with Gasteiger partial charge in [-0.2, -0.15) is 5.26 Å². The Morgan fingerprint density at radius 3 is 2.55 bits per heavy atom. The molecule has 1 aromatic heterocycles. The predicted molar refractivity (Wildman–Crippen MR) is 80.0 cm³/mol. The number of nitriles is 1. The molecular formula is C16H16N4O2. The molecule has 1 aliphatic heterocycles. The second-order valence-electron chi connectivity index (χ2n) is 5.41. The maximum atomic E-state index is 12.4. The van der Waals surface area contributed by atoms with E-state index in [0.29, 0.717) is 30.1 Å². The van der Waals surface area contributed by atoms with Crippen molar-refractivity contribution in [3.05, 3.63) is 47.2 Å². The fourth-order valence-corrected chi connectivity index (χ4v) is 2.74. The van der Waals surface area contributed by atoms with Gasteiger partial charge in [0.15, 0.2) is 0 Å². The highest BCUT2D eigenvalue weighted by Gasteiger charge is 2.26. The molecule has 0 saturated carbocycles. The molecule has 0 unspecified atom stereocenters. The second kappa shape index (κ2) is 5.90. The zero-order valence-corrected chi connectivity index (χ0v) is 12.0. The third-order valence-corrected chi connectivity index (χ3v) is 4.01. The van der Waals surface area contributed by atoms with Gasteiger partial charge in [0.05, 0.1) is 17.3 Å². The van der Waals surface area contributed by atoms with Gasteiger partial charge in [-0.15, -0.1) is 0 Å². The molecular weight excluding hydrogens is 280 g/mol. The summed E-state index contributed by atoms with van der Waals surface area (Å²) in [5.41, 5.74) is 7.58. The smallest absolute Gasteiger partial charge is 0.253 e. The summed E-state index contributed by atoms with van der Waals surface area (Å²) in [7, 11) is 0. The van der Waals surface area contributed by atoms with Gasteiger partial charge in [-0.1, -0.05) is 5.16 Å². The number of nitrogens with two attached hydrogens (primary N) is 1. The number of piperidine rings is 1. The Kier molecular flexibility index (Phi) is 3.79. The Hall–Kier alpha value is -2.81. The fourth-order valence-electron chi connectivity index (χ4n) is 2.74. The molecule has 1 fully saturated rings. The summed E-state index contributed by atoms with van der Waals surface area (Å²) >= 11 is 0. The fraction of sp³-hybridized carbons (Fsp3) is 0.312. The third kappa shape index (κ3) is 2.79. The number of rotatable bonds is 2. The number of hydrogen-bond donors (Lipinski definition) is 1. The van der Waals surface area contributed by atoms with Crippen molar-refractivity contribution in [1.82, 2.24) is 10.1 Å². The van der Waals surface area contributed by atoms with Crippen molar-refractivity contribution in [3.8, 4) is 6.07 Å². The molecule has 2 heterocycles. The number of nitrogens with zero attached hydrogens (tertiary/aromatic N) is 3. The van der Waals surface area contributed by atoms with Crippen LogP contribution in [0.3, 0.4) is 0 Å². The van der Waals surface area contributed by atoms with Gasteiger partial charge >= 0.3 is 0 Å². The minimum Gasteiger partial charge on any atom is -0.368 e. The Bertz CT molecular complexity index is 706. The van der Waals surface area contributed by atoms with Crippen molar-refractivity contribution in [2.24, 2.45) is 0 Å². The number of anilines is 1. The van der Waals surface area contributed by atoms with E-state index in [9.17, 15) is 4.79 Å².